The molecule has 1 fully saturated rings. The van der Waals surface area contributed by atoms with Crippen LogP contribution in [0.3, 0.4) is 0 Å². The number of hydrogen-bond acceptors (Lipinski definition) is 4. The van der Waals surface area contributed by atoms with Gasteiger partial charge >= 0.3 is 0 Å². The summed E-state index contributed by atoms with van der Waals surface area (Å²) in [5.74, 6) is 0.944. The first-order chi connectivity index (χ1) is 8.63. The van der Waals surface area contributed by atoms with Gasteiger partial charge in [0, 0.05) is 12.8 Å². The number of aromatic nitrogens is 3. The van der Waals surface area contributed by atoms with Crippen molar-refractivity contribution in [2.24, 2.45) is 5.41 Å². The Labute approximate surface area is 105 Å². The molecule has 5 heteroatoms. The number of aliphatic hydroxyl groups is 1. The summed E-state index contributed by atoms with van der Waals surface area (Å²) in [6.07, 6.45) is 6.65. The lowest BCUT2D eigenvalue weighted by Crippen LogP contribution is -2.16. The van der Waals surface area contributed by atoms with Crippen molar-refractivity contribution in [3.05, 3.63) is 18.1 Å². The van der Waals surface area contributed by atoms with Crippen molar-refractivity contribution in [3.8, 4) is 0 Å². The van der Waals surface area contributed by atoms with Crippen LogP contribution in [0.2, 0.25) is 0 Å². The highest BCUT2D eigenvalue weighted by Gasteiger charge is 2.36. The van der Waals surface area contributed by atoms with Crippen LogP contribution in [0.5, 0.6) is 0 Å². The van der Waals surface area contributed by atoms with Crippen LogP contribution in [-0.4, -0.2) is 26.7 Å². The molecule has 1 aliphatic carbocycles. The van der Waals surface area contributed by atoms with E-state index in [1.807, 2.05) is 6.20 Å². The molecule has 2 atom stereocenters. The smallest absolute Gasteiger partial charge is 0.151 e. The molecule has 0 radical (unpaired) electrons. The Balaban J connectivity index is 1.99. The zero-order valence-electron chi connectivity index (χ0n) is 10.5. The number of anilines is 1. The number of H-pyrrole nitrogens is 1. The molecular weight excluding hydrogens is 228 g/mol. The Morgan fingerprint density at radius 3 is 3.11 bits per heavy atom. The summed E-state index contributed by atoms with van der Waals surface area (Å²) >= 11 is 0. The number of nitrogen functional groups attached to an aromatic ring is 1. The van der Waals surface area contributed by atoms with E-state index in [1.165, 1.54) is 11.9 Å². The van der Waals surface area contributed by atoms with Crippen LogP contribution < -0.4 is 5.73 Å². The number of nitrogens with zero attached hydrogens (tertiary/aromatic N) is 2. The quantitative estimate of drug-likeness (QED) is 0.754. The molecule has 3 rings (SSSR count). The third-order valence-corrected chi connectivity index (χ3v) is 4.18. The SMILES string of the molecule is C[C@@]1(CO)CC[C@H](c2c[nH]c3c(N)ncnc23)C1. The van der Waals surface area contributed by atoms with Crippen molar-refractivity contribution >= 4 is 16.9 Å². The fraction of sp³-hybridized carbons (Fsp3) is 0.538. The van der Waals surface area contributed by atoms with Gasteiger partial charge in [0.2, 0.25) is 0 Å². The summed E-state index contributed by atoms with van der Waals surface area (Å²) in [7, 11) is 0. The van der Waals surface area contributed by atoms with E-state index in [0.29, 0.717) is 11.7 Å². The molecule has 0 aliphatic heterocycles. The molecule has 4 N–H and O–H groups in total. The lowest BCUT2D eigenvalue weighted by atomic mass is 9.87. The van der Waals surface area contributed by atoms with E-state index in [4.69, 9.17) is 5.73 Å². The fourth-order valence-corrected chi connectivity index (χ4v) is 3.02. The molecule has 0 bridgehead atoms. The van der Waals surface area contributed by atoms with E-state index in [9.17, 15) is 5.11 Å². The minimum atomic E-state index is 0.0484. The van der Waals surface area contributed by atoms with Gasteiger partial charge in [0.15, 0.2) is 5.82 Å². The Bertz CT molecular complexity index is 579. The van der Waals surface area contributed by atoms with Crippen molar-refractivity contribution in [2.45, 2.75) is 32.1 Å². The average Bonchev–Trinajstić information content (AvgIpc) is 2.94. The summed E-state index contributed by atoms with van der Waals surface area (Å²) in [5.41, 5.74) is 8.83. The number of nitrogens with one attached hydrogen (secondary N) is 1. The molecule has 0 saturated heterocycles. The Morgan fingerprint density at radius 1 is 1.56 bits per heavy atom. The van der Waals surface area contributed by atoms with Gasteiger partial charge in [0.05, 0.1) is 5.52 Å². The normalized spacial score (nSPS) is 28.0. The second-order valence-corrected chi connectivity index (χ2v) is 5.64. The van der Waals surface area contributed by atoms with Crippen LogP contribution in [0.15, 0.2) is 12.5 Å². The van der Waals surface area contributed by atoms with E-state index >= 15 is 0 Å². The number of rotatable bonds is 2. The summed E-state index contributed by atoms with van der Waals surface area (Å²) in [5, 5.41) is 9.44. The van der Waals surface area contributed by atoms with Crippen LogP contribution in [0.4, 0.5) is 5.82 Å². The Kier molecular flexibility index (Phi) is 2.52. The zero-order valence-corrected chi connectivity index (χ0v) is 10.5. The van der Waals surface area contributed by atoms with Gasteiger partial charge in [-0.25, -0.2) is 9.97 Å². The van der Waals surface area contributed by atoms with Gasteiger partial charge < -0.3 is 15.8 Å². The van der Waals surface area contributed by atoms with E-state index in [-0.39, 0.29) is 12.0 Å². The van der Waals surface area contributed by atoms with Crippen molar-refractivity contribution in [1.29, 1.82) is 0 Å². The number of nitrogens with two attached hydrogens (primary N) is 1. The molecule has 5 nitrogen and oxygen atoms in total. The maximum absolute atomic E-state index is 9.44. The molecule has 1 saturated carbocycles. The maximum Gasteiger partial charge on any atom is 0.151 e. The third-order valence-electron chi connectivity index (χ3n) is 4.18. The summed E-state index contributed by atoms with van der Waals surface area (Å²) in [6, 6.07) is 0. The topological polar surface area (TPSA) is 87.8 Å². The molecule has 96 valence electrons. The summed E-state index contributed by atoms with van der Waals surface area (Å²) < 4.78 is 0. The van der Waals surface area contributed by atoms with Crippen LogP contribution in [0.1, 0.15) is 37.7 Å². The van der Waals surface area contributed by atoms with Gasteiger partial charge in [-0.3, -0.25) is 0 Å². The van der Waals surface area contributed by atoms with Gasteiger partial charge in [-0.1, -0.05) is 6.92 Å². The predicted octanol–water partition coefficient (Wildman–Crippen LogP) is 1.81. The van der Waals surface area contributed by atoms with Crippen LogP contribution in [0, 0.1) is 5.41 Å². The fourth-order valence-electron chi connectivity index (χ4n) is 3.02. The largest absolute Gasteiger partial charge is 0.396 e. The van der Waals surface area contributed by atoms with Crippen molar-refractivity contribution in [1.82, 2.24) is 15.0 Å². The molecule has 0 aromatic carbocycles. The Morgan fingerprint density at radius 2 is 2.39 bits per heavy atom. The van der Waals surface area contributed by atoms with Crippen LogP contribution >= 0.6 is 0 Å². The standard InChI is InChI=1S/C13H18N4O/c1-13(6-18)3-2-8(4-13)9-5-15-11-10(9)16-7-17-12(11)14/h5,7-8,15,18H,2-4,6H2,1H3,(H2,14,16,17)/t8-,13+/m0/s1. The molecule has 18 heavy (non-hydrogen) atoms. The number of hydrogen-bond donors (Lipinski definition) is 3. The number of fused-ring (bicyclic) bond motifs is 1. The number of aliphatic hydroxyl groups excluding tert-OH is 1. The van der Waals surface area contributed by atoms with Crippen molar-refractivity contribution in [3.63, 3.8) is 0 Å². The van der Waals surface area contributed by atoms with E-state index in [2.05, 4.69) is 21.9 Å². The lowest BCUT2D eigenvalue weighted by Gasteiger charge is -2.20. The number of aromatic amines is 1. The molecule has 1 aliphatic rings. The van der Waals surface area contributed by atoms with Crippen molar-refractivity contribution < 1.29 is 5.11 Å². The maximum atomic E-state index is 9.44. The van der Waals surface area contributed by atoms with Crippen LogP contribution in [-0.2, 0) is 0 Å². The first kappa shape index (κ1) is 11.5. The second-order valence-electron chi connectivity index (χ2n) is 5.64. The summed E-state index contributed by atoms with van der Waals surface area (Å²) in [4.78, 5) is 11.5. The average molecular weight is 246 g/mol. The molecule has 2 aromatic rings. The minimum absolute atomic E-state index is 0.0484. The minimum Gasteiger partial charge on any atom is -0.396 e. The zero-order chi connectivity index (χ0) is 12.8. The molecular formula is C13H18N4O. The Hall–Kier alpha value is -1.62. The summed E-state index contributed by atoms with van der Waals surface area (Å²) in [6.45, 7) is 2.40. The second kappa shape index (κ2) is 3.95. The highest BCUT2D eigenvalue weighted by atomic mass is 16.3. The molecule has 0 amide bonds. The molecule has 0 unspecified atom stereocenters. The highest BCUT2D eigenvalue weighted by molar-refractivity contribution is 5.87. The van der Waals surface area contributed by atoms with Gasteiger partial charge in [-0.15, -0.1) is 0 Å². The van der Waals surface area contributed by atoms with Gasteiger partial charge in [0.1, 0.15) is 11.8 Å². The van der Waals surface area contributed by atoms with Crippen molar-refractivity contribution in [2.75, 3.05) is 12.3 Å². The van der Waals surface area contributed by atoms with E-state index in [1.54, 1.807) is 0 Å². The lowest BCUT2D eigenvalue weighted by molar-refractivity contribution is 0.147. The first-order valence-electron chi connectivity index (χ1n) is 6.31. The molecule has 2 heterocycles. The predicted molar refractivity (Wildman–Crippen MR) is 70.1 cm³/mol. The van der Waals surface area contributed by atoms with E-state index in [0.717, 1.165) is 30.3 Å². The third kappa shape index (κ3) is 1.66. The molecule has 0 spiro atoms. The first-order valence-corrected chi connectivity index (χ1v) is 6.31. The molecule has 2 aromatic heterocycles. The van der Waals surface area contributed by atoms with Gasteiger partial charge in [0.25, 0.3) is 0 Å². The highest BCUT2D eigenvalue weighted by Crippen LogP contribution is 2.47. The monoisotopic (exact) mass is 246 g/mol. The van der Waals surface area contributed by atoms with Gasteiger partial charge in [-0.2, -0.15) is 0 Å². The van der Waals surface area contributed by atoms with E-state index < -0.39 is 0 Å². The van der Waals surface area contributed by atoms with Crippen LogP contribution in [0.25, 0.3) is 11.0 Å². The van der Waals surface area contributed by atoms with Gasteiger partial charge in [-0.05, 0) is 36.2 Å².